The Labute approximate surface area is 160 Å². The minimum atomic E-state index is -2.98. The lowest BCUT2D eigenvalue weighted by atomic mass is 10.3. The molecule has 2 N–H and O–H groups in total. The third-order valence-electron chi connectivity index (χ3n) is 2.86. The second kappa shape index (κ2) is 12.0. The van der Waals surface area contributed by atoms with E-state index in [1.165, 1.54) is 11.1 Å². The quantitative estimate of drug-likeness (QED) is 0.247. The number of guanidine groups is 1. The predicted molar refractivity (Wildman–Crippen MR) is 108 cm³/mol. The summed E-state index contributed by atoms with van der Waals surface area (Å²) in [7, 11) is -1.32. The fourth-order valence-corrected chi connectivity index (χ4v) is 2.93. The van der Waals surface area contributed by atoms with Crippen LogP contribution in [0.3, 0.4) is 0 Å². The number of halogens is 1. The molecule has 0 aliphatic heterocycles. The zero-order valence-electron chi connectivity index (χ0n) is 13.7. The van der Waals surface area contributed by atoms with E-state index in [9.17, 15) is 8.42 Å². The zero-order chi connectivity index (χ0) is 16.4. The van der Waals surface area contributed by atoms with Crippen molar-refractivity contribution in [3.05, 3.63) is 22.4 Å². The van der Waals surface area contributed by atoms with E-state index in [1.807, 2.05) is 11.4 Å². The fourth-order valence-electron chi connectivity index (χ4n) is 1.72. The van der Waals surface area contributed by atoms with Gasteiger partial charge in [0.2, 0.25) is 0 Å². The molecule has 9 heteroatoms. The second-order valence-corrected chi connectivity index (χ2v) is 8.25. The molecule has 0 spiro atoms. The van der Waals surface area contributed by atoms with Gasteiger partial charge in [-0.15, -0.1) is 35.3 Å². The van der Waals surface area contributed by atoms with Crippen LogP contribution in [0, 0.1) is 0 Å². The lowest BCUT2D eigenvalue weighted by Crippen LogP contribution is -2.40. The van der Waals surface area contributed by atoms with Gasteiger partial charge >= 0.3 is 0 Å². The third-order valence-corrected chi connectivity index (χ3v) is 4.87. The number of sulfone groups is 1. The van der Waals surface area contributed by atoms with E-state index in [1.54, 1.807) is 18.4 Å². The van der Waals surface area contributed by atoms with Crippen LogP contribution in [0.25, 0.3) is 0 Å². The molecule has 1 aromatic heterocycles. The molecular weight excluding hydrogens is 449 g/mol. The van der Waals surface area contributed by atoms with E-state index in [0.717, 1.165) is 6.42 Å². The molecule has 1 aromatic rings. The van der Waals surface area contributed by atoms with Crippen molar-refractivity contribution < 1.29 is 13.2 Å². The van der Waals surface area contributed by atoms with Crippen molar-refractivity contribution in [2.45, 2.75) is 19.4 Å². The first-order valence-corrected chi connectivity index (χ1v) is 10.1. The van der Waals surface area contributed by atoms with Crippen LogP contribution in [0.1, 0.15) is 24.3 Å². The average molecular weight is 475 g/mol. The van der Waals surface area contributed by atoms with E-state index in [0.29, 0.717) is 25.7 Å². The number of nitrogens with one attached hydrogen (secondary N) is 2. The molecule has 0 saturated carbocycles. The van der Waals surface area contributed by atoms with Crippen molar-refractivity contribution in [1.29, 1.82) is 0 Å². The highest BCUT2D eigenvalue weighted by Gasteiger charge is 2.09. The van der Waals surface area contributed by atoms with Crippen molar-refractivity contribution in [3.8, 4) is 0 Å². The Morgan fingerprint density at radius 2 is 2.22 bits per heavy atom. The molecule has 0 amide bonds. The zero-order valence-corrected chi connectivity index (χ0v) is 17.7. The molecule has 0 aliphatic carbocycles. The van der Waals surface area contributed by atoms with E-state index in [2.05, 4.69) is 28.6 Å². The lowest BCUT2D eigenvalue weighted by Gasteiger charge is -2.17. The van der Waals surface area contributed by atoms with Crippen LogP contribution in [-0.4, -0.2) is 53.2 Å². The summed E-state index contributed by atoms with van der Waals surface area (Å²) in [6.07, 6.45) is 2.05. The Morgan fingerprint density at radius 3 is 2.78 bits per heavy atom. The van der Waals surface area contributed by atoms with Crippen LogP contribution in [0.15, 0.2) is 22.5 Å². The largest absolute Gasteiger partial charge is 0.385 e. The number of hydrogen-bond acceptors (Lipinski definition) is 5. The molecule has 1 rings (SSSR count). The van der Waals surface area contributed by atoms with Gasteiger partial charge < -0.3 is 15.4 Å². The van der Waals surface area contributed by atoms with Crippen LogP contribution < -0.4 is 10.6 Å². The average Bonchev–Trinajstić information content (AvgIpc) is 2.96. The molecule has 1 heterocycles. The normalized spacial score (nSPS) is 13.3. The summed E-state index contributed by atoms with van der Waals surface area (Å²) in [5.74, 6) is 0.708. The predicted octanol–water partition coefficient (Wildman–Crippen LogP) is 2.04. The first kappa shape index (κ1) is 22.6. The maximum absolute atomic E-state index is 11.2. The maximum Gasteiger partial charge on any atom is 0.191 e. The molecule has 1 atom stereocenters. The molecule has 0 aromatic carbocycles. The lowest BCUT2D eigenvalue weighted by molar-refractivity contribution is 0.197. The van der Waals surface area contributed by atoms with Gasteiger partial charge in [0.25, 0.3) is 0 Å². The number of thiophene rings is 1. The Hall–Kier alpha value is -0.390. The first-order valence-electron chi connectivity index (χ1n) is 7.17. The van der Waals surface area contributed by atoms with Crippen LogP contribution in [0.5, 0.6) is 0 Å². The molecular formula is C14H26IN3O3S2. The van der Waals surface area contributed by atoms with Crippen molar-refractivity contribution >= 4 is 51.1 Å². The van der Waals surface area contributed by atoms with Gasteiger partial charge in [-0.25, -0.2) is 8.42 Å². The van der Waals surface area contributed by atoms with Crippen molar-refractivity contribution in [2.24, 2.45) is 4.99 Å². The number of rotatable bonds is 9. The van der Waals surface area contributed by atoms with Gasteiger partial charge in [0.05, 0.1) is 11.8 Å². The number of ether oxygens (including phenoxy) is 1. The number of nitrogens with zero attached hydrogens (tertiary/aromatic N) is 1. The van der Waals surface area contributed by atoms with Gasteiger partial charge in [0.1, 0.15) is 9.84 Å². The van der Waals surface area contributed by atoms with Crippen molar-refractivity contribution in [3.63, 3.8) is 0 Å². The standard InChI is InChI=1S/C14H25N3O3S2.HI/c1-12(13-6-4-10-21-13)17-14(15-7-5-9-20-2)16-8-11-22(3,18)19;/h4,6,10,12H,5,7-9,11H2,1-3H3,(H2,15,16,17);1H. The summed E-state index contributed by atoms with van der Waals surface area (Å²) in [6.45, 7) is 3.67. The summed E-state index contributed by atoms with van der Waals surface area (Å²) in [5, 5.41) is 8.39. The summed E-state index contributed by atoms with van der Waals surface area (Å²) in [4.78, 5) is 5.66. The topological polar surface area (TPSA) is 79.8 Å². The molecule has 0 aliphatic rings. The van der Waals surface area contributed by atoms with Gasteiger partial charge in [-0.05, 0) is 24.8 Å². The smallest absolute Gasteiger partial charge is 0.191 e. The summed E-state index contributed by atoms with van der Waals surface area (Å²) >= 11 is 1.67. The van der Waals surface area contributed by atoms with Crippen molar-refractivity contribution in [1.82, 2.24) is 10.6 Å². The highest BCUT2D eigenvalue weighted by molar-refractivity contribution is 14.0. The second-order valence-electron chi connectivity index (χ2n) is 5.01. The molecule has 1 unspecified atom stereocenters. The Kier molecular flexibility index (Phi) is 11.8. The third kappa shape index (κ3) is 10.9. The van der Waals surface area contributed by atoms with E-state index < -0.39 is 9.84 Å². The Bertz CT molecular complexity index is 548. The molecule has 6 nitrogen and oxygen atoms in total. The van der Waals surface area contributed by atoms with Gasteiger partial charge in [0.15, 0.2) is 5.96 Å². The number of aliphatic imine (C=N–C) groups is 1. The highest BCUT2D eigenvalue weighted by Crippen LogP contribution is 2.17. The monoisotopic (exact) mass is 475 g/mol. The fraction of sp³-hybridized carbons (Fsp3) is 0.643. The number of hydrogen-bond donors (Lipinski definition) is 2. The summed E-state index contributed by atoms with van der Waals surface area (Å²) < 4.78 is 27.4. The molecule has 0 bridgehead atoms. The van der Waals surface area contributed by atoms with Gasteiger partial charge in [-0.2, -0.15) is 0 Å². The van der Waals surface area contributed by atoms with E-state index >= 15 is 0 Å². The molecule has 0 radical (unpaired) electrons. The van der Waals surface area contributed by atoms with Crippen LogP contribution in [0.4, 0.5) is 0 Å². The van der Waals surface area contributed by atoms with Crippen LogP contribution >= 0.6 is 35.3 Å². The molecule has 0 fully saturated rings. The van der Waals surface area contributed by atoms with Crippen molar-refractivity contribution in [2.75, 3.05) is 38.8 Å². The van der Waals surface area contributed by atoms with E-state index in [4.69, 9.17) is 4.74 Å². The van der Waals surface area contributed by atoms with Crippen LogP contribution in [0.2, 0.25) is 0 Å². The summed E-state index contributed by atoms with van der Waals surface area (Å²) in [5.41, 5.74) is 0. The minimum Gasteiger partial charge on any atom is -0.385 e. The Morgan fingerprint density at radius 1 is 1.48 bits per heavy atom. The number of methoxy groups -OCH3 is 1. The van der Waals surface area contributed by atoms with Gasteiger partial charge in [-0.3, -0.25) is 4.99 Å². The van der Waals surface area contributed by atoms with E-state index in [-0.39, 0.29) is 35.8 Å². The van der Waals surface area contributed by atoms with Gasteiger partial charge in [-0.1, -0.05) is 6.07 Å². The molecule has 134 valence electrons. The first-order chi connectivity index (χ1) is 10.4. The van der Waals surface area contributed by atoms with Gasteiger partial charge in [0, 0.05) is 37.9 Å². The minimum absolute atomic E-state index is 0. The SMILES string of the molecule is COCCCN=C(NCCS(C)(=O)=O)NC(C)c1cccs1.I. The highest BCUT2D eigenvalue weighted by atomic mass is 127. The summed E-state index contributed by atoms with van der Waals surface area (Å²) in [6, 6.07) is 4.18. The Balaban J connectivity index is 0.00000484. The molecule has 23 heavy (non-hydrogen) atoms. The maximum atomic E-state index is 11.2. The molecule has 0 saturated heterocycles. The van der Waals surface area contributed by atoms with Crippen LogP contribution in [-0.2, 0) is 14.6 Å².